The highest BCUT2D eigenvalue weighted by atomic mass is 35.6. The quantitative estimate of drug-likeness (QED) is 0.571. The first-order chi connectivity index (χ1) is 6.55. The number of rotatable bonds is 3. The molecule has 0 bridgehead atoms. The lowest BCUT2D eigenvalue weighted by Crippen LogP contribution is -2.49. The Labute approximate surface area is 98.2 Å². The third-order valence-electron chi connectivity index (χ3n) is 2.18. The average Bonchev–Trinajstić information content (AvgIpc) is 2.14. The van der Waals surface area contributed by atoms with E-state index >= 15 is 0 Å². The van der Waals surface area contributed by atoms with Gasteiger partial charge in [-0.15, -0.1) is 0 Å². The van der Waals surface area contributed by atoms with E-state index in [1.807, 2.05) is 4.90 Å². The summed E-state index contributed by atoms with van der Waals surface area (Å²) >= 11 is 17.4. The molecule has 1 aliphatic heterocycles. The number of alkyl halides is 3. The first-order valence-corrected chi connectivity index (χ1v) is 5.51. The minimum Gasteiger partial charge on any atom is -0.379 e. The van der Waals surface area contributed by atoms with E-state index in [9.17, 15) is 4.79 Å². The molecule has 14 heavy (non-hydrogen) atoms. The van der Waals surface area contributed by atoms with Gasteiger partial charge in [-0.2, -0.15) is 0 Å². The predicted octanol–water partition coefficient (Wildman–Crippen LogP) is 1.65. The zero-order valence-corrected chi connectivity index (χ0v) is 9.86. The van der Waals surface area contributed by atoms with Gasteiger partial charge in [-0.1, -0.05) is 34.8 Å². The molecule has 1 rings (SSSR count). The summed E-state index contributed by atoms with van der Waals surface area (Å²) in [5, 5.41) is 0. The zero-order chi connectivity index (χ0) is 10.6. The lowest BCUT2D eigenvalue weighted by molar-refractivity contribution is -0.109. The molecule has 82 valence electrons. The van der Waals surface area contributed by atoms with Crippen molar-refractivity contribution in [2.45, 2.75) is 16.3 Å². The molecule has 1 heterocycles. The molecule has 0 spiro atoms. The normalized spacial score (nSPS) is 21.9. The van der Waals surface area contributed by atoms with Crippen molar-refractivity contribution in [2.75, 3.05) is 26.3 Å². The maximum atomic E-state index is 10.5. The second-order valence-corrected chi connectivity index (χ2v) is 5.48. The average molecular weight is 261 g/mol. The molecular weight excluding hydrogens is 248 g/mol. The van der Waals surface area contributed by atoms with Gasteiger partial charge in [-0.05, 0) is 0 Å². The number of hydrogen-bond acceptors (Lipinski definition) is 3. The number of morpholine rings is 1. The molecule has 1 atom stereocenters. The van der Waals surface area contributed by atoms with E-state index in [1.165, 1.54) is 0 Å². The van der Waals surface area contributed by atoms with Crippen molar-refractivity contribution in [1.82, 2.24) is 4.90 Å². The van der Waals surface area contributed by atoms with Crippen molar-refractivity contribution >= 4 is 41.1 Å². The van der Waals surface area contributed by atoms with Gasteiger partial charge < -0.3 is 9.53 Å². The molecule has 1 saturated heterocycles. The van der Waals surface area contributed by atoms with Gasteiger partial charge in [0.15, 0.2) is 0 Å². The SMILES string of the molecule is O=CCC(N1CCOCC1)C(Cl)(Cl)Cl. The van der Waals surface area contributed by atoms with Gasteiger partial charge in [-0.25, -0.2) is 0 Å². The van der Waals surface area contributed by atoms with Crippen molar-refractivity contribution in [3.63, 3.8) is 0 Å². The van der Waals surface area contributed by atoms with Crippen LogP contribution in [0.5, 0.6) is 0 Å². The van der Waals surface area contributed by atoms with E-state index in [-0.39, 0.29) is 12.5 Å². The number of carbonyl (C=O) groups is 1. The highest BCUT2D eigenvalue weighted by Crippen LogP contribution is 2.35. The highest BCUT2D eigenvalue weighted by Gasteiger charge is 2.37. The molecule has 1 unspecified atom stereocenters. The number of halogens is 3. The van der Waals surface area contributed by atoms with Crippen molar-refractivity contribution in [3.8, 4) is 0 Å². The van der Waals surface area contributed by atoms with Crippen molar-refractivity contribution in [1.29, 1.82) is 0 Å². The summed E-state index contributed by atoms with van der Waals surface area (Å²) in [5.41, 5.74) is 0. The van der Waals surface area contributed by atoms with Crippen molar-refractivity contribution in [2.24, 2.45) is 0 Å². The van der Waals surface area contributed by atoms with Gasteiger partial charge >= 0.3 is 0 Å². The third kappa shape index (κ3) is 3.55. The van der Waals surface area contributed by atoms with Gasteiger partial charge in [0.2, 0.25) is 3.79 Å². The fourth-order valence-electron chi connectivity index (χ4n) is 1.47. The van der Waals surface area contributed by atoms with Crippen LogP contribution in [0.2, 0.25) is 0 Å². The first kappa shape index (κ1) is 12.5. The molecule has 0 radical (unpaired) electrons. The lowest BCUT2D eigenvalue weighted by Gasteiger charge is -2.37. The van der Waals surface area contributed by atoms with Gasteiger partial charge in [0.05, 0.1) is 19.3 Å². The number of nitrogens with zero attached hydrogens (tertiary/aromatic N) is 1. The highest BCUT2D eigenvalue weighted by molar-refractivity contribution is 6.68. The largest absolute Gasteiger partial charge is 0.379 e. The molecule has 0 amide bonds. The standard InChI is InChI=1S/C8H12Cl3NO2/c9-8(10,11)7(1-4-13)12-2-5-14-6-3-12/h4,7H,1-3,5-6H2. The fraction of sp³-hybridized carbons (Fsp3) is 0.875. The smallest absolute Gasteiger partial charge is 0.206 e. The minimum absolute atomic E-state index is 0.233. The molecule has 3 nitrogen and oxygen atoms in total. The molecule has 0 aromatic carbocycles. The fourth-order valence-corrected chi connectivity index (χ4v) is 2.15. The summed E-state index contributed by atoms with van der Waals surface area (Å²) in [4.78, 5) is 12.4. The van der Waals surface area contributed by atoms with Crippen LogP contribution in [-0.4, -0.2) is 47.3 Å². The summed E-state index contributed by atoms with van der Waals surface area (Å²) in [6.07, 6.45) is 1.01. The van der Waals surface area contributed by atoms with Gasteiger partial charge in [0.1, 0.15) is 6.29 Å². The van der Waals surface area contributed by atoms with Crippen molar-refractivity contribution < 1.29 is 9.53 Å². The maximum Gasteiger partial charge on any atom is 0.206 e. The number of ether oxygens (including phenoxy) is 1. The van der Waals surface area contributed by atoms with Crippen LogP contribution in [0.4, 0.5) is 0 Å². The second kappa shape index (κ2) is 5.52. The van der Waals surface area contributed by atoms with Crippen LogP contribution in [0.1, 0.15) is 6.42 Å². The van der Waals surface area contributed by atoms with Crippen LogP contribution in [0, 0.1) is 0 Å². The summed E-state index contributed by atoms with van der Waals surface area (Å²) in [6.45, 7) is 2.64. The minimum atomic E-state index is -1.42. The lowest BCUT2D eigenvalue weighted by atomic mass is 10.2. The van der Waals surface area contributed by atoms with E-state index in [1.54, 1.807) is 0 Å². The van der Waals surface area contributed by atoms with Crippen LogP contribution in [0.25, 0.3) is 0 Å². The van der Waals surface area contributed by atoms with Crippen LogP contribution in [-0.2, 0) is 9.53 Å². The molecule has 0 saturated carbocycles. The molecule has 6 heteroatoms. The Bertz CT molecular complexity index is 190. The van der Waals surface area contributed by atoms with Gasteiger partial charge in [0, 0.05) is 19.5 Å². The van der Waals surface area contributed by atoms with Crippen molar-refractivity contribution in [3.05, 3.63) is 0 Å². The molecule has 0 N–H and O–H groups in total. The Morgan fingerprint density at radius 2 is 1.93 bits per heavy atom. The van der Waals surface area contributed by atoms with Gasteiger partial charge in [-0.3, -0.25) is 4.90 Å². The Balaban J connectivity index is 2.60. The third-order valence-corrected chi connectivity index (χ3v) is 2.94. The topological polar surface area (TPSA) is 29.5 Å². The Morgan fingerprint density at radius 3 is 2.36 bits per heavy atom. The van der Waals surface area contributed by atoms with Crippen LogP contribution in [0.15, 0.2) is 0 Å². The monoisotopic (exact) mass is 259 g/mol. The predicted molar refractivity (Wildman–Crippen MR) is 57.2 cm³/mol. The van der Waals surface area contributed by atoms with E-state index < -0.39 is 3.79 Å². The molecule has 0 aromatic rings. The Kier molecular flexibility index (Phi) is 4.94. The van der Waals surface area contributed by atoms with E-state index in [0.717, 1.165) is 6.29 Å². The molecule has 1 fully saturated rings. The molecule has 0 aliphatic carbocycles. The number of aldehydes is 1. The van der Waals surface area contributed by atoms with E-state index in [0.29, 0.717) is 26.3 Å². The first-order valence-electron chi connectivity index (χ1n) is 4.38. The molecule has 0 aromatic heterocycles. The van der Waals surface area contributed by atoms with Crippen LogP contribution >= 0.6 is 34.8 Å². The Hall–Kier alpha value is 0.460. The number of hydrogen-bond donors (Lipinski definition) is 0. The summed E-state index contributed by atoms with van der Waals surface area (Å²) in [7, 11) is 0. The number of carbonyl (C=O) groups excluding carboxylic acids is 1. The van der Waals surface area contributed by atoms with E-state index in [2.05, 4.69) is 0 Å². The summed E-state index contributed by atoms with van der Waals surface area (Å²) < 4.78 is 3.76. The van der Waals surface area contributed by atoms with Crippen LogP contribution < -0.4 is 0 Å². The van der Waals surface area contributed by atoms with Gasteiger partial charge in [0.25, 0.3) is 0 Å². The zero-order valence-electron chi connectivity index (χ0n) is 7.59. The van der Waals surface area contributed by atoms with Crippen LogP contribution in [0.3, 0.4) is 0 Å². The van der Waals surface area contributed by atoms with E-state index in [4.69, 9.17) is 39.5 Å². The molecular formula is C8H12Cl3NO2. The summed E-state index contributed by atoms with van der Waals surface area (Å²) in [5.74, 6) is 0. The second-order valence-electron chi connectivity index (χ2n) is 3.11. The molecule has 1 aliphatic rings. The maximum absolute atomic E-state index is 10.5. The summed E-state index contributed by atoms with van der Waals surface area (Å²) in [6, 6.07) is -0.353. The Morgan fingerprint density at radius 1 is 1.36 bits per heavy atom.